The second-order valence-electron chi connectivity index (χ2n) is 7.17. The fourth-order valence-corrected chi connectivity index (χ4v) is 3.65. The van der Waals surface area contributed by atoms with Crippen LogP contribution in [-0.4, -0.2) is 54.1 Å². The summed E-state index contributed by atoms with van der Waals surface area (Å²) in [6, 6.07) is 3.13. The van der Waals surface area contributed by atoms with Crippen LogP contribution in [0.15, 0.2) is 24.4 Å². The number of urea groups is 1. The summed E-state index contributed by atoms with van der Waals surface area (Å²) in [5.74, 6) is 0.642. The number of nitrogens with zero attached hydrogens (tertiary/aromatic N) is 4. The molecule has 7 nitrogen and oxygen atoms in total. The molecule has 4 heterocycles. The van der Waals surface area contributed by atoms with Gasteiger partial charge in [0.25, 0.3) is 0 Å². The highest BCUT2D eigenvalue weighted by Gasteiger charge is 2.34. The molecule has 0 aromatic carbocycles. The Morgan fingerprint density at radius 2 is 1.93 bits per heavy atom. The number of halogens is 3. The first-order valence-corrected chi connectivity index (χ1v) is 9.34. The molecular weight excluding hydrogens is 385 g/mol. The fourth-order valence-electron chi connectivity index (χ4n) is 3.65. The maximum atomic E-state index is 13.6. The summed E-state index contributed by atoms with van der Waals surface area (Å²) in [6.45, 7) is 4.35. The monoisotopic (exact) mass is 406 g/mol. The highest BCUT2D eigenvalue weighted by molar-refractivity contribution is 5.93. The molecule has 1 saturated heterocycles. The van der Waals surface area contributed by atoms with Gasteiger partial charge in [0.2, 0.25) is 0 Å². The minimum Gasteiger partial charge on any atom is -0.354 e. The maximum absolute atomic E-state index is 13.6. The van der Waals surface area contributed by atoms with E-state index in [0.717, 1.165) is 12.1 Å². The molecule has 2 aliphatic heterocycles. The minimum atomic E-state index is -4.50. The van der Waals surface area contributed by atoms with Gasteiger partial charge in [-0.1, -0.05) is 0 Å². The average molecular weight is 406 g/mol. The number of carbonyl (C=O) groups excluding carboxylic acids is 1. The van der Waals surface area contributed by atoms with Crippen molar-refractivity contribution in [1.82, 2.24) is 20.2 Å². The van der Waals surface area contributed by atoms with Crippen LogP contribution in [0.25, 0.3) is 11.3 Å². The third kappa shape index (κ3) is 3.59. The molecule has 0 radical (unpaired) electrons. The van der Waals surface area contributed by atoms with E-state index in [4.69, 9.17) is 0 Å². The van der Waals surface area contributed by atoms with Gasteiger partial charge < -0.3 is 15.1 Å². The number of hydrogen-bond acceptors (Lipinski definition) is 5. The Bertz CT molecular complexity index is 942. The van der Waals surface area contributed by atoms with Gasteiger partial charge in [-0.15, -0.1) is 0 Å². The molecule has 1 fully saturated rings. The molecule has 1 atom stereocenters. The highest BCUT2D eigenvalue weighted by Crippen LogP contribution is 2.40. The Kier molecular flexibility index (Phi) is 4.81. The Morgan fingerprint density at radius 3 is 2.62 bits per heavy atom. The van der Waals surface area contributed by atoms with Gasteiger partial charge in [-0.25, -0.2) is 14.8 Å². The Morgan fingerprint density at radius 1 is 1.21 bits per heavy atom. The molecule has 0 aliphatic carbocycles. The van der Waals surface area contributed by atoms with E-state index < -0.39 is 11.7 Å². The third-order valence-electron chi connectivity index (χ3n) is 5.39. The predicted octanol–water partition coefficient (Wildman–Crippen LogP) is 3.11. The van der Waals surface area contributed by atoms with Crippen molar-refractivity contribution in [2.75, 3.05) is 43.4 Å². The van der Waals surface area contributed by atoms with Crippen molar-refractivity contribution in [2.45, 2.75) is 19.1 Å². The van der Waals surface area contributed by atoms with Crippen LogP contribution >= 0.6 is 0 Å². The lowest BCUT2D eigenvalue weighted by molar-refractivity contribution is -0.137. The number of anilines is 2. The number of amides is 2. The van der Waals surface area contributed by atoms with Crippen LogP contribution in [0, 0.1) is 0 Å². The number of nitrogens with one attached hydrogen (secondary N) is 2. The normalized spacial score (nSPS) is 19.8. The van der Waals surface area contributed by atoms with Crippen LogP contribution in [-0.2, 0) is 6.18 Å². The first-order valence-electron chi connectivity index (χ1n) is 9.34. The number of fused-ring (bicyclic) bond motifs is 1. The van der Waals surface area contributed by atoms with Crippen LogP contribution in [0.1, 0.15) is 24.1 Å². The zero-order valence-electron chi connectivity index (χ0n) is 16.0. The Labute approximate surface area is 165 Å². The molecule has 0 bridgehead atoms. The predicted molar refractivity (Wildman–Crippen MR) is 103 cm³/mol. The van der Waals surface area contributed by atoms with Crippen molar-refractivity contribution in [3.05, 3.63) is 35.5 Å². The summed E-state index contributed by atoms with van der Waals surface area (Å²) in [5, 5.41) is 5.87. The van der Waals surface area contributed by atoms with Crippen molar-refractivity contribution in [3.8, 4) is 11.3 Å². The van der Waals surface area contributed by atoms with E-state index in [1.54, 1.807) is 13.1 Å². The van der Waals surface area contributed by atoms with Crippen molar-refractivity contribution >= 4 is 17.7 Å². The molecule has 0 unspecified atom stereocenters. The number of rotatable bonds is 2. The minimum absolute atomic E-state index is 0.211. The lowest BCUT2D eigenvalue weighted by Crippen LogP contribution is -2.44. The van der Waals surface area contributed by atoms with E-state index in [1.165, 1.54) is 11.1 Å². The smallest absolute Gasteiger partial charge is 0.354 e. The highest BCUT2D eigenvalue weighted by atomic mass is 19.4. The van der Waals surface area contributed by atoms with E-state index in [1.807, 2.05) is 11.8 Å². The summed E-state index contributed by atoms with van der Waals surface area (Å²) >= 11 is 0. The molecule has 154 valence electrons. The van der Waals surface area contributed by atoms with E-state index in [-0.39, 0.29) is 17.8 Å². The van der Waals surface area contributed by atoms with Gasteiger partial charge in [0.05, 0.1) is 17.3 Å². The summed E-state index contributed by atoms with van der Waals surface area (Å²) < 4.78 is 40.9. The molecule has 0 spiro atoms. The summed E-state index contributed by atoms with van der Waals surface area (Å²) in [4.78, 5) is 24.2. The standard InChI is InChI=1S/C19H21F3N6O/c1-11-16-13(3-4-24-17(16)26-18(29)27(11)2)14-9-12(19(20,21)22)10-15(25-14)28-7-5-23-6-8-28/h3-4,9-11,23H,5-8H2,1-2H3,(H,24,26,29)/t11-/m0/s1. The van der Waals surface area contributed by atoms with Crippen molar-refractivity contribution in [2.24, 2.45) is 0 Å². The van der Waals surface area contributed by atoms with Crippen LogP contribution in [0.2, 0.25) is 0 Å². The quantitative estimate of drug-likeness (QED) is 0.802. The van der Waals surface area contributed by atoms with E-state index in [0.29, 0.717) is 48.9 Å². The van der Waals surface area contributed by atoms with Crippen LogP contribution in [0.5, 0.6) is 0 Å². The summed E-state index contributed by atoms with van der Waals surface area (Å²) in [6.07, 6.45) is -3.02. The molecule has 2 aromatic rings. The van der Waals surface area contributed by atoms with Gasteiger partial charge in [0.15, 0.2) is 0 Å². The number of alkyl halides is 3. The van der Waals surface area contributed by atoms with Crippen LogP contribution < -0.4 is 15.5 Å². The molecule has 4 rings (SSSR count). The van der Waals surface area contributed by atoms with Gasteiger partial charge in [-0.3, -0.25) is 5.32 Å². The van der Waals surface area contributed by atoms with Crippen LogP contribution in [0.3, 0.4) is 0 Å². The number of hydrogen-bond donors (Lipinski definition) is 2. The van der Waals surface area contributed by atoms with Gasteiger partial charge in [-0.2, -0.15) is 13.2 Å². The second-order valence-corrected chi connectivity index (χ2v) is 7.17. The molecular formula is C19H21F3N6O. The first kappa shape index (κ1) is 19.4. The SMILES string of the molecule is C[C@H]1c2c(-c3cc(C(F)(F)F)cc(N4CCNCC4)n3)ccnc2NC(=O)N1C. The van der Waals surface area contributed by atoms with Gasteiger partial charge >= 0.3 is 12.2 Å². The zero-order chi connectivity index (χ0) is 20.8. The number of piperazine rings is 1. The van der Waals surface area contributed by atoms with E-state index >= 15 is 0 Å². The van der Waals surface area contributed by atoms with Crippen LogP contribution in [0.4, 0.5) is 29.6 Å². The molecule has 2 aliphatic rings. The van der Waals surface area contributed by atoms with E-state index in [2.05, 4.69) is 20.6 Å². The van der Waals surface area contributed by atoms with E-state index in [9.17, 15) is 18.0 Å². The van der Waals surface area contributed by atoms with Crippen molar-refractivity contribution in [1.29, 1.82) is 0 Å². The van der Waals surface area contributed by atoms with Gasteiger partial charge in [0.1, 0.15) is 11.6 Å². The zero-order valence-corrected chi connectivity index (χ0v) is 16.0. The molecule has 2 aromatic heterocycles. The molecule has 0 saturated carbocycles. The number of pyridine rings is 2. The van der Waals surface area contributed by atoms with Crippen molar-refractivity contribution < 1.29 is 18.0 Å². The molecule has 2 N–H and O–H groups in total. The lowest BCUT2D eigenvalue weighted by atomic mass is 9.96. The first-order chi connectivity index (χ1) is 13.8. The molecule has 29 heavy (non-hydrogen) atoms. The Balaban J connectivity index is 1.87. The largest absolute Gasteiger partial charge is 0.416 e. The van der Waals surface area contributed by atoms with Crippen molar-refractivity contribution in [3.63, 3.8) is 0 Å². The summed E-state index contributed by atoms with van der Waals surface area (Å²) in [7, 11) is 1.63. The van der Waals surface area contributed by atoms with Gasteiger partial charge in [0, 0.05) is 50.6 Å². The molecule has 2 amide bonds. The lowest BCUT2D eigenvalue weighted by Gasteiger charge is -2.33. The molecule has 10 heteroatoms. The van der Waals surface area contributed by atoms with Gasteiger partial charge in [-0.05, 0) is 25.1 Å². The fraction of sp³-hybridized carbons (Fsp3) is 0.421. The average Bonchev–Trinajstić information content (AvgIpc) is 2.71. The number of carbonyl (C=O) groups is 1. The Hall–Kier alpha value is -2.88. The maximum Gasteiger partial charge on any atom is 0.416 e. The number of aromatic nitrogens is 2. The second kappa shape index (κ2) is 7.18. The topological polar surface area (TPSA) is 73.4 Å². The third-order valence-corrected chi connectivity index (χ3v) is 5.39. The summed E-state index contributed by atoms with van der Waals surface area (Å²) in [5.41, 5.74) is 0.635.